The van der Waals surface area contributed by atoms with Crippen molar-refractivity contribution in [3.63, 3.8) is 0 Å². The van der Waals surface area contributed by atoms with Crippen molar-refractivity contribution >= 4 is 0 Å². The second-order valence-corrected chi connectivity index (χ2v) is 9.09. The fraction of sp³-hybridized carbons (Fsp3) is 0.455. The van der Waals surface area contributed by atoms with E-state index in [1.165, 1.54) is 0 Å². The average Bonchev–Trinajstić information content (AvgIpc) is 3.03. The Morgan fingerprint density at radius 3 is 0.927 bits per heavy atom. The molecule has 0 radical (unpaired) electrons. The van der Waals surface area contributed by atoms with Crippen LogP contribution in [-0.2, 0) is 38.8 Å². The Kier molecular flexibility index (Phi) is 16.9. The van der Waals surface area contributed by atoms with Crippen LogP contribution in [-0.4, -0.2) is 92.4 Å². The third kappa shape index (κ3) is 12.0. The summed E-state index contributed by atoms with van der Waals surface area (Å²) in [6.45, 7) is 7.15. The molecule has 3 aromatic rings. The molecule has 0 spiro atoms. The quantitative estimate of drug-likeness (QED) is 0.128. The number of hydrogen-bond acceptors (Lipinski definition) is 8. The Labute approximate surface area is 244 Å². The monoisotopic (exact) mass is 567 g/mol. The molecule has 8 heteroatoms. The molecule has 0 aliphatic carbocycles. The molecule has 2 N–H and O–H groups in total. The summed E-state index contributed by atoms with van der Waals surface area (Å²) in [4.78, 5) is 0. The van der Waals surface area contributed by atoms with Crippen LogP contribution in [0.2, 0.25) is 0 Å². The molecule has 0 fully saturated rings. The van der Waals surface area contributed by atoms with Crippen LogP contribution in [0.3, 0.4) is 0 Å². The van der Waals surface area contributed by atoms with Crippen molar-refractivity contribution in [1.82, 2.24) is 0 Å². The summed E-state index contributed by atoms with van der Waals surface area (Å²) >= 11 is 0. The maximum atomic E-state index is 6.71. The molecule has 0 saturated heterocycles. The zero-order valence-corrected chi connectivity index (χ0v) is 24.0. The minimum atomic E-state index is -0.739. The smallest absolute Gasteiger partial charge is 0.143 e. The molecule has 8 nitrogen and oxygen atoms in total. The molecular formula is C33H45NO7. The van der Waals surface area contributed by atoms with Crippen LogP contribution in [0.25, 0.3) is 0 Å². The predicted molar refractivity (Wildman–Crippen MR) is 159 cm³/mol. The first-order valence-electron chi connectivity index (χ1n) is 14.3. The largest absolute Gasteiger partial charge is 0.378 e. The normalized spacial score (nSPS) is 11.6. The first-order chi connectivity index (χ1) is 20.4. The van der Waals surface area contributed by atoms with Gasteiger partial charge in [-0.3, -0.25) is 0 Å². The van der Waals surface area contributed by atoms with Gasteiger partial charge in [-0.15, -0.1) is 0 Å². The lowest BCUT2D eigenvalue weighted by atomic mass is 9.80. The van der Waals surface area contributed by atoms with E-state index in [0.717, 1.165) is 16.7 Å². The van der Waals surface area contributed by atoms with Crippen molar-refractivity contribution < 1.29 is 33.2 Å². The van der Waals surface area contributed by atoms with E-state index in [9.17, 15) is 0 Å². The Morgan fingerprint density at radius 2 is 0.634 bits per heavy atom. The van der Waals surface area contributed by atoms with E-state index in [-0.39, 0.29) is 0 Å². The van der Waals surface area contributed by atoms with Crippen molar-refractivity contribution in [3.05, 3.63) is 108 Å². The van der Waals surface area contributed by atoms with E-state index in [0.29, 0.717) is 92.4 Å². The highest BCUT2D eigenvalue weighted by Crippen LogP contribution is 2.40. The minimum absolute atomic E-state index is 0.425. The molecule has 0 aromatic heterocycles. The molecule has 41 heavy (non-hydrogen) atoms. The molecular weight excluding hydrogens is 522 g/mol. The van der Waals surface area contributed by atoms with E-state index in [4.69, 9.17) is 38.9 Å². The van der Waals surface area contributed by atoms with Gasteiger partial charge in [0.15, 0.2) is 0 Å². The highest BCUT2D eigenvalue weighted by atomic mass is 16.6. The van der Waals surface area contributed by atoms with Crippen LogP contribution in [0.1, 0.15) is 16.7 Å². The van der Waals surface area contributed by atoms with Crippen LogP contribution in [0.5, 0.6) is 0 Å². The summed E-state index contributed by atoms with van der Waals surface area (Å²) in [6.07, 6.45) is 0. The van der Waals surface area contributed by atoms with E-state index >= 15 is 0 Å². The van der Waals surface area contributed by atoms with Gasteiger partial charge in [-0.1, -0.05) is 91.0 Å². The molecule has 0 heterocycles. The summed E-state index contributed by atoms with van der Waals surface area (Å²) in [6, 6.07) is 31.0. The summed E-state index contributed by atoms with van der Waals surface area (Å²) in [5, 5.41) is 0. The third-order valence-electron chi connectivity index (χ3n) is 6.21. The molecule has 0 aliphatic heterocycles. The third-order valence-corrected chi connectivity index (χ3v) is 6.21. The van der Waals surface area contributed by atoms with Crippen LogP contribution >= 0.6 is 0 Å². The van der Waals surface area contributed by atoms with Gasteiger partial charge in [-0.2, -0.15) is 0 Å². The summed E-state index contributed by atoms with van der Waals surface area (Å²) in [5.74, 6) is 0. The van der Waals surface area contributed by atoms with E-state index in [2.05, 4.69) is 36.4 Å². The Hall–Kier alpha value is -2.66. The number of benzene rings is 3. The summed E-state index contributed by atoms with van der Waals surface area (Å²) in [5.41, 5.74) is 7.83. The second-order valence-electron chi connectivity index (χ2n) is 9.09. The Balaban J connectivity index is 1.29. The standard InChI is InChI=1S/C33H45NO7/c34-16-17-35-18-19-36-20-21-37-22-23-38-24-25-39-26-27-40-28-29-41-33(30-10-4-1-5-11-30,31-12-6-2-7-13-31)32-14-8-3-9-15-32/h1-15H,16-29,34H2. The fourth-order valence-corrected chi connectivity index (χ4v) is 4.31. The summed E-state index contributed by atoms with van der Waals surface area (Å²) in [7, 11) is 0. The zero-order chi connectivity index (χ0) is 28.7. The molecule has 0 bridgehead atoms. The first-order valence-corrected chi connectivity index (χ1v) is 14.3. The van der Waals surface area contributed by atoms with Gasteiger partial charge in [0.2, 0.25) is 0 Å². The lowest BCUT2D eigenvalue weighted by Crippen LogP contribution is -2.34. The average molecular weight is 568 g/mol. The lowest BCUT2D eigenvalue weighted by molar-refractivity contribution is -0.0395. The molecule has 3 rings (SSSR count). The van der Waals surface area contributed by atoms with Gasteiger partial charge >= 0.3 is 0 Å². The highest BCUT2D eigenvalue weighted by molar-refractivity contribution is 5.47. The van der Waals surface area contributed by atoms with Crippen molar-refractivity contribution in [3.8, 4) is 0 Å². The van der Waals surface area contributed by atoms with Crippen molar-refractivity contribution in [1.29, 1.82) is 0 Å². The van der Waals surface area contributed by atoms with Crippen LogP contribution in [0.4, 0.5) is 0 Å². The Bertz CT molecular complexity index is 911. The number of rotatable bonds is 24. The van der Waals surface area contributed by atoms with E-state index < -0.39 is 5.60 Å². The highest BCUT2D eigenvalue weighted by Gasteiger charge is 2.37. The lowest BCUT2D eigenvalue weighted by Gasteiger charge is -2.36. The molecule has 0 unspecified atom stereocenters. The van der Waals surface area contributed by atoms with Gasteiger partial charge in [0, 0.05) is 6.54 Å². The van der Waals surface area contributed by atoms with Gasteiger partial charge in [-0.05, 0) is 16.7 Å². The number of hydrogen-bond donors (Lipinski definition) is 1. The van der Waals surface area contributed by atoms with Crippen molar-refractivity contribution in [2.75, 3.05) is 92.4 Å². The van der Waals surface area contributed by atoms with E-state index in [1.807, 2.05) is 54.6 Å². The topological polar surface area (TPSA) is 90.6 Å². The number of ether oxygens (including phenoxy) is 7. The van der Waals surface area contributed by atoms with Gasteiger partial charge in [0.05, 0.1) is 85.9 Å². The van der Waals surface area contributed by atoms with Crippen LogP contribution < -0.4 is 5.73 Å². The molecule has 0 amide bonds. The van der Waals surface area contributed by atoms with Gasteiger partial charge in [0.25, 0.3) is 0 Å². The maximum absolute atomic E-state index is 6.71. The maximum Gasteiger partial charge on any atom is 0.143 e. The molecule has 0 saturated carbocycles. The molecule has 224 valence electrons. The van der Waals surface area contributed by atoms with Gasteiger partial charge in [-0.25, -0.2) is 0 Å². The van der Waals surface area contributed by atoms with Crippen LogP contribution in [0.15, 0.2) is 91.0 Å². The zero-order valence-electron chi connectivity index (χ0n) is 24.0. The molecule has 3 aromatic carbocycles. The first kappa shape index (κ1) is 32.8. The second kappa shape index (κ2) is 21.1. The number of nitrogens with two attached hydrogens (primary N) is 1. The Morgan fingerprint density at radius 1 is 0.366 bits per heavy atom. The SMILES string of the molecule is NCCOCCOCCOCCOCCOCCOCCOC(c1ccccc1)(c1ccccc1)c1ccccc1. The van der Waals surface area contributed by atoms with Crippen molar-refractivity contribution in [2.45, 2.75) is 5.60 Å². The fourth-order valence-electron chi connectivity index (χ4n) is 4.31. The predicted octanol–water partition coefficient (Wildman–Crippen LogP) is 4.05. The summed E-state index contributed by atoms with van der Waals surface area (Å²) < 4.78 is 39.8. The molecule has 0 aliphatic rings. The minimum Gasteiger partial charge on any atom is -0.378 e. The van der Waals surface area contributed by atoms with Gasteiger partial charge in [0.1, 0.15) is 5.60 Å². The van der Waals surface area contributed by atoms with Crippen LogP contribution in [0, 0.1) is 0 Å². The molecule has 0 atom stereocenters. The van der Waals surface area contributed by atoms with Crippen molar-refractivity contribution in [2.24, 2.45) is 5.73 Å². The van der Waals surface area contributed by atoms with Gasteiger partial charge < -0.3 is 38.9 Å². The van der Waals surface area contributed by atoms with E-state index in [1.54, 1.807) is 0 Å².